The van der Waals surface area contributed by atoms with Crippen molar-refractivity contribution < 1.29 is 14.3 Å². The molecular weight excluding hydrogens is 408 g/mol. The van der Waals surface area contributed by atoms with Crippen molar-refractivity contribution in [1.29, 1.82) is 0 Å². The van der Waals surface area contributed by atoms with E-state index in [9.17, 15) is 4.79 Å². The molecule has 4 heterocycles. The summed E-state index contributed by atoms with van der Waals surface area (Å²) >= 11 is 0. The maximum Gasteiger partial charge on any atom is 0.318 e. The smallest absolute Gasteiger partial charge is 0.318 e. The number of anilines is 2. The number of rotatable bonds is 4. The Hall–Kier alpha value is -2.75. The average Bonchev–Trinajstić information content (AvgIpc) is 2.78. The number of amides is 2. The van der Waals surface area contributed by atoms with Crippen molar-refractivity contribution in [2.75, 3.05) is 56.8 Å². The lowest BCUT2D eigenvalue weighted by Crippen LogP contribution is -2.51. The fraction of sp³-hybridized carbons (Fsp3) is 0.522. The number of hydrogen-bond acceptors (Lipinski definition) is 7. The van der Waals surface area contributed by atoms with Gasteiger partial charge in [-0.1, -0.05) is 0 Å². The first-order valence-electron chi connectivity index (χ1n) is 11.3. The van der Waals surface area contributed by atoms with Gasteiger partial charge in [0.05, 0.1) is 44.2 Å². The number of benzene rings is 1. The van der Waals surface area contributed by atoms with Crippen molar-refractivity contribution in [2.24, 2.45) is 0 Å². The SMILES string of the molecule is CNC(=O)Nc1ccc(-c2nc3c(c(N4CCOCC4C)n2)CCN(C2COC2)C3)cc1. The van der Waals surface area contributed by atoms with Crippen LogP contribution in [0.2, 0.25) is 0 Å². The summed E-state index contributed by atoms with van der Waals surface area (Å²) in [5.74, 6) is 1.76. The first-order chi connectivity index (χ1) is 15.6. The molecule has 0 spiro atoms. The number of aromatic nitrogens is 2. The molecule has 2 N–H and O–H groups in total. The van der Waals surface area contributed by atoms with Gasteiger partial charge in [-0.25, -0.2) is 14.8 Å². The third-order valence-electron chi connectivity index (χ3n) is 6.48. The molecule has 9 heteroatoms. The molecule has 2 amide bonds. The average molecular weight is 439 g/mol. The van der Waals surface area contributed by atoms with Crippen LogP contribution in [0.4, 0.5) is 16.3 Å². The van der Waals surface area contributed by atoms with E-state index in [1.54, 1.807) is 7.05 Å². The number of fused-ring (bicyclic) bond motifs is 1. The fourth-order valence-electron chi connectivity index (χ4n) is 4.48. The van der Waals surface area contributed by atoms with Crippen LogP contribution in [0.15, 0.2) is 24.3 Å². The molecule has 0 saturated carbocycles. The maximum absolute atomic E-state index is 11.6. The summed E-state index contributed by atoms with van der Waals surface area (Å²) in [6, 6.07) is 8.19. The molecule has 2 fully saturated rings. The van der Waals surface area contributed by atoms with Gasteiger partial charge in [0.1, 0.15) is 5.82 Å². The van der Waals surface area contributed by atoms with Crippen LogP contribution in [-0.4, -0.2) is 79.5 Å². The van der Waals surface area contributed by atoms with Crippen molar-refractivity contribution in [3.8, 4) is 11.4 Å². The molecule has 1 aromatic heterocycles. The lowest BCUT2D eigenvalue weighted by atomic mass is 10.0. The Bertz CT molecular complexity index is 978. The van der Waals surface area contributed by atoms with E-state index in [0.29, 0.717) is 19.3 Å². The van der Waals surface area contributed by atoms with Gasteiger partial charge in [0, 0.05) is 43.5 Å². The second-order valence-electron chi connectivity index (χ2n) is 8.61. The summed E-state index contributed by atoms with van der Waals surface area (Å²) in [6.45, 7) is 7.88. The number of ether oxygens (including phenoxy) is 2. The maximum atomic E-state index is 11.6. The zero-order valence-electron chi connectivity index (χ0n) is 18.6. The topological polar surface area (TPSA) is 91.9 Å². The molecule has 0 aliphatic carbocycles. The molecule has 2 saturated heterocycles. The third kappa shape index (κ3) is 4.15. The normalized spacial score (nSPS) is 21.6. The van der Waals surface area contributed by atoms with Crippen LogP contribution < -0.4 is 15.5 Å². The van der Waals surface area contributed by atoms with Gasteiger partial charge >= 0.3 is 6.03 Å². The Kier molecular flexibility index (Phi) is 5.95. The highest BCUT2D eigenvalue weighted by Crippen LogP contribution is 2.32. The van der Waals surface area contributed by atoms with Crippen LogP contribution in [-0.2, 0) is 22.4 Å². The number of urea groups is 1. The molecule has 3 aliphatic heterocycles. The summed E-state index contributed by atoms with van der Waals surface area (Å²) in [5.41, 5.74) is 4.03. The van der Waals surface area contributed by atoms with E-state index in [0.717, 1.165) is 67.9 Å². The van der Waals surface area contributed by atoms with Crippen molar-refractivity contribution in [3.05, 3.63) is 35.5 Å². The van der Waals surface area contributed by atoms with E-state index in [-0.39, 0.29) is 12.1 Å². The van der Waals surface area contributed by atoms with Crippen LogP contribution >= 0.6 is 0 Å². The lowest BCUT2D eigenvalue weighted by Gasteiger charge is -2.41. The standard InChI is InChI=1S/C23H30N6O3/c1-15-12-31-10-9-29(15)22-19-7-8-28(18-13-32-14-18)11-20(19)26-21(27-22)16-3-5-17(6-4-16)25-23(30)24-2/h3-6,15,18H,7-14H2,1-2H3,(H2,24,25,30). The predicted octanol–water partition coefficient (Wildman–Crippen LogP) is 1.88. The Morgan fingerprint density at radius 3 is 2.59 bits per heavy atom. The Morgan fingerprint density at radius 1 is 1.09 bits per heavy atom. The zero-order valence-corrected chi connectivity index (χ0v) is 18.6. The van der Waals surface area contributed by atoms with Crippen LogP contribution in [0.5, 0.6) is 0 Å². The minimum absolute atomic E-state index is 0.244. The molecule has 32 heavy (non-hydrogen) atoms. The fourth-order valence-corrected chi connectivity index (χ4v) is 4.48. The van der Waals surface area contributed by atoms with E-state index in [4.69, 9.17) is 19.4 Å². The summed E-state index contributed by atoms with van der Waals surface area (Å²) in [4.78, 5) is 26.5. The third-order valence-corrected chi connectivity index (χ3v) is 6.48. The highest BCUT2D eigenvalue weighted by molar-refractivity contribution is 5.89. The van der Waals surface area contributed by atoms with Crippen molar-refractivity contribution >= 4 is 17.5 Å². The number of carbonyl (C=O) groups is 1. The number of nitrogens with zero attached hydrogens (tertiary/aromatic N) is 4. The van der Waals surface area contributed by atoms with E-state index >= 15 is 0 Å². The Balaban J connectivity index is 1.49. The summed E-state index contributed by atoms with van der Waals surface area (Å²) < 4.78 is 11.1. The molecule has 1 atom stereocenters. The van der Waals surface area contributed by atoms with Crippen molar-refractivity contribution in [1.82, 2.24) is 20.2 Å². The van der Waals surface area contributed by atoms with Crippen LogP contribution in [0.3, 0.4) is 0 Å². The summed E-state index contributed by atoms with van der Waals surface area (Å²) in [5, 5.41) is 5.35. The van der Waals surface area contributed by atoms with Crippen LogP contribution in [0.1, 0.15) is 18.2 Å². The second kappa shape index (κ2) is 9.01. The zero-order chi connectivity index (χ0) is 22.1. The molecular formula is C23H30N6O3. The van der Waals surface area contributed by atoms with Gasteiger partial charge in [-0.05, 0) is 37.6 Å². The monoisotopic (exact) mass is 438 g/mol. The number of nitrogens with one attached hydrogen (secondary N) is 2. The van der Waals surface area contributed by atoms with Crippen LogP contribution in [0, 0.1) is 0 Å². The quantitative estimate of drug-likeness (QED) is 0.753. The van der Waals surface area contributed by atoms with E-state index < -0.39 is 0 Å². The predicted molar refractivity (Wildman–Crippen MR) is 122 cm³/mol. The molecule has 1 unspecified atom stereocenters. The molecule has 0 bridgehead atoms. The molecule has 9 nitrogen and oxygen atoms in total. The van der Waals surface area contributed by atoms with Gasteiger partial charge < -0.3 is 25.0 Å². The molecule has 1 aromatic carbocycles. The second-order valence-corrected chi connectivity index (χ2v) is 8.61. The van der Waals surface area contributed by atoms with E-state index in [2.05, 4.69) is 27.4 Å². The highest BCUT2D eigenvalue weighted by atomic mass is 16.5. The largest absolute Gasteiger partial charge is 0.378 e. The lowest BCUT2D eigenvalue weighted by molar-refractivity contribution is -0.0699. The van der Waals surface area contributed by atoms with Crippen molar-refractivity contribution in [2.45, 2.75) is 32.0 Å². The summed E-state index contributed by atoms with van der Waals surface area (Å²) in [7, 11) is 1.60. The molecule has 3 aliphatic rings. The summed E-state index contributed by atoms with van der Waals surface area (Å²) in [6.07, 6.45) is 0.945. The van der Waals surface area contributed by atoms with Gasteiger partial charge in [0.2, 0.25) is 0 Å². The Labute approximate surface area is 188 Å². The first kappa shape index (κ1) is 21.1. The first-order valence-corrected chi connectivity index (χ1v) is 11.3. The van der Waals surface area contributed by atoms with Gasteiger partial charge in [0.15, 0.2) is 5.82 Å². The molecule has 2 aromatic rings. The van der Waals surface area contributed by atoms with E-state index in [1.807, 2.05) is 24.3 Å². The van der Waals surface area contributed by atoms with E-state index in [1.165, 1.54) is 5.56 Å². The van der Waals surface area contributed by atoms with Gasteiger partial charge in [-0.2, -0.15) is 0 Å². The van der Waals surface area contributed by atoms with Gasteiger partial charge in [-0.15, -0.1) is 0 Å². The number of morpholine rings is 1. The molecule has 0 radical (unpaired) electrons. The Morgan fingerprint density at radius 2 is 1.91 bits per heavy atom. The minimum Gasteiger partial charge on any atom is -0.378 e. The molecule has 170 valence electrons. The van der Waals surface area contributed by atoms with Crippen LogP contribution in [0.25, 0.3) is 11.4 Å². The van der Waals surface area contributed by atoms with Crippen molar-refractivity contribution in [3.63, 3.8) is 0 Å². The number of carbonyl (C=O) groups excluding carboxylic acids is 1. The highest BCUT2D eigenvalue weighted by Gasteiger charge is 2.33. The van der Waals surface area contributed by atoms with Gasteiger partial charge in [0.25, 0.3) is 0 Å². The number of hydrogen-bond donors (Lipinski definition) is 2. The minimum atomic E-state index is -0.244. The molecule has 5 rings (SSSR count). The van der Waals surface area contributed by atoms with Gasteiger partial charge in [-0.3, -0.25) is 4.90 Å².